The molecule has 4 heteroatoms. The summed E-state index contributed by atoms with van der Waals surface area (Å²) in [5.41, 5.74) is 0.970. The maximum Gasteiger partial charge on any atom is 0.308 e. The Kier molecular flexibility index (Phi) is 2.06. The van der Waals surface area contributed by atoms with Crippen LogP contribution in [0.1, 0.15) is 30.8 Å². The highest BCUT2D eigenvalue weighted by Gasteiger charge is 2.29. The van der Waals surface area contributed by atoms with E-state index in [0.717, 1.165) is 11.5 Å². The van der Waals surface area contributed by atoms with Gasteiger partial charge in [-0.3, -0.25) is 4.79 Å². The van der Waals surface area contributed by atoms with Gasteiger partial charge in [-0.05, 0) is 13.3 Å². The van der Waals surface area contributed by atoms with E-state index in [0.29, 0.717) is 13.0 Å². The lowest BCUT2D eigenvalue weighted by atomic mass is 9.92. The molecule has 0 aliphatic carbocycles. The minimum atomic E-state index is -0.700. The summed E-state index contributed by atoms with van der Waals surface area (Å²) in [6.07, 6.45) is 2.63. The third kappa shape index (κ3) is 1.41. The first-order valence-corrected chi connectivity index (χ1v) is 4.84. The summed E-state index contributed by atoms with van der Waals surface area (Å²) in [6.45, 7) is 4.54. The molecule has 1 N–H and O–H groups in total. The highest BCUT2D eigenvalue weighted by Crippen LogP contribution is 2.29. The number of imidazole rings is 1. The number of hydrogen-bond donors (Lipinski definition) is 1. The van der Waals surface area contributed by atoms with Gasteiger partial charge in [0, 0.05) is 18.7 Å². The van der Waals surface area contributed by atoms with Crippen molar-refractivity contribution in [2.24, 2.45) is 5.92 Å². The number of fused-ring (bicyclic) bond motifs is 1. The summed E-state index contributed by atoms with van der Waals surface area (Å²) in [7, 11) is 0. The molecule has 0 aromatic carbocycles. The molecular formula is C10H14N2O2. The van der Waals surface area contributed by atoms with E-state index in [1.807, 2.05) is 24.6 Å². The van der Waals surface area contributed by atoms with Crippen LogP contribution in [0.3, 0.4) is 0 Å². The predicted octanol–water partition coefficient (Wildman–Crippen LogP) is 1.40. The molecule has 76 valence electrons. The zero-order valence-corrected chi connectivity index (χ0v) is 8.40. The lowest BCUT2D eigenvalue weighted by Gasteiger charge is -2.25. The van der Waals surface area contributed by atoms with E-state index < -0.39 is 5.97 Å². The van der Waals surface area contributed by atoms with Crippen LogP contribution in [0.5, 0.6) is 0 Å². The predicted molar refractivity (Wildman–Crippen MR) is 51.1 cm³/mol. The zero-order chi connectivity index (χ0) is 10.3. The lowest BCUT2D eigenvalue weighted by molar-refractivity contribution is -0.143. The topological polar surface area (TPSA) is 55.1 Å². The van der Waals surface area contributed by atoms with Crippen molar-refractivity contribution in [3.05, 3.63) is 17.7 Å². The van der Waals surface area contributed by atoms with Crippen molar-refractivity contribution in [3.8, 4) is 0 Å². The number of aromatic nitrogens is 2. The first-order chi connectivity index (χ1) is 6.58. The summed E-state index contributed by atoms with van der Waals surface area (Å²) in [6, 6.07) is 0. The van der Waals surface area contributed by atoms with Gasteiger partial charge in [-0.15, -0.1) is 0 Å². The Morgan fingerprint density at radius 1 is 1.71 bits per heavy atom. The molecule has 1 aromatic heterocycles. The van der Waals surface area contributed by atoms with E-state index in [9.17, 15) is 4.79 Å². The highest BCUT2D eigenvalue weighted by atomic mass is 16.4. The molecule has 1 aliphatic rings. The molecule has 0 radical (unpaired) electrons. The van der Waals surface area contributed by atoms with E-state index in [1.54, 1.807) is 0 Å². The Bertz CT molecular complexity index is 370. The Hall–Kier alpha value is -1.32. The van der Waals surface area contributed by atoms with Crippen molar-refractivity contribution >= 4 is 5.97 Å². The molecule has 4 nitrogen and oxygen atoms in total. The van der Waals surface area contributed by atoms with Crippen LogP contribution in [-0.4, -0.2) is 20.6 Å². The number of aryl methyl sites for hydroxylation is 1. The Morgan fingerprint density at radius 2 is 2.43 bits per heavy atom. The number of rotatable bonds is 1. The average molecular weight is 194 g/mol. The van der Waals surface area contributed by atoms with E-state index in [4.69, 9.17) is 5.11 Å². The van der Waals surface area contributed by atoms with E-state index >= 15 is 0 Å². The molecule has 1 aliphatic heterocycles. The molecule has 0 bridgehead atoms. The average Bonchev–Trinajstić information content (AvgIpc) is 2.45. The summed E-state index contributed by atoms with van der Waals surface area (Å²) in [5, 5.41) is 8.95. The molecule has 14 heavy (non-hydrogen) atoms. The largest absolute Gasteiger partial charge is 0.481 e. The minimum absolute atomic E-state index is 0.249. The number of aliphatic carboxylic acids is 1. The van der Waals surface area contributed by atoms with Crippen LogP contribution in [0.25, 0.3) is 0 Å². The van der Waals surface area contributed by atoms with E-state index in [2.05, 4.69) is 4.98 Å². The van der Waals surface area contributed by atoms with E-state index in [-0.39, 0.29) is 11.8 Å². The van der Waals surface area contributed by atoms with Gasteiger partial charge in [0.25, 0.3) is 0 Å². The van der Waals surface area contributed by atoms with Crippen molar-refractivity contribution in [1.29, 1.82) is 0 Å². The normalized spacial score (nSPS) is 25.9. The second kappa shape index (κ2) is 3.12. The maximum atomic E-state index is 10.9. The SMILES string of the molecule is Cc1cn2c(n1)[C@H](C)C[C@H](C(=O)O)C2. The summed E-state index contributed by atoms with van der Waals surface area (Å²) in [5.74, 6) is 0.318. The van der Waals surface area contributed by atoms with Gasteiger partial charge in [0.05, 0.1) is 11.6 Å². The monoisotopic (exact) mass is 194 g/mol. The van der Waals surface area contributed by atoms with Crippen LogP contribution >= 0.6 is 0 Å². The summed E-state index contributed by atoms with van der Waals surface area (Å²) in [4.78, 5) is 15.3. The molecule has 2 heterocycles. The van der Waals surface area contributed by atoms with Gasteiger partial charge in [-0.1, -0.05) is 6.92 Å². The van der Waals surface area contributed by atoms with Crippen LogP contribution in [0.4, 0.5) is 0 Å². The summed E-state index contributed by atoms with van der Waals surface area (Å²) >= 11 is 0. The first kappa shape index (κ1) is 9.24. The third-order valence-electron chi connectivity index (χ3n) is 2.77. The van der Waals surface area contributed by atoms with Crippen molar-refractivity contribution < 1.29 is 9.90 Å². The molecule has 2 atom stereocenters. The van der Waals surface area contributed by atoms with Crippen molar-refractivity contribution in [2.45, 2.75) is 32.7 Å². The fourth-order valence-electron chi connectivity index (χ4n) is 2.13. The van der Waals surface area contributed by atoms with Crippen molar-refractivity contribution in [2.75, 3.05) is 0 Å². The van der Waals surface area contributed by atoms with Gasteiger partial charge >= 0.3 is 5.97 Å². The molecule has 0 saturated carbocycles. The standard InChI is InChI=1S/C10H14N2O2/c1-6-3-8(10(13)14)5-12-4-7(2)11-9(6)12/h4,6,8H,3,5H2,1-2H3,(H,13,14)/t6-,8+/m1/s1. The quantitative estimate of drug-likeness (QED) is 0.735. The second-order valence-electron chi connectivity index (χ2n) is 4.06. The van der Waals surface area contributed by atoms with Crippen molar-refractivity contribution in [1.82, 2.24) is 9.55 Å². The number of carboxylic acids is 1. The number of carbonyl (C=O) groups is 1. The van der Waals surface area contributed by atoms with Gasteiger partial charge in [-0.25, -0.2) is 4.98 Å². The Labute approximate surface area is 82.6 Å². The Morgan fingerprint density at radius 3 is 3.07 bits per heavy atom. The fraction of sp³-hybridized carbons (Fsp3) is 0.600. The van der Waals surface area contributed by atoms with Gasteiger partial charge in [-0.2, -0.15) is 0 Å². The van der Waals surface area contributed by atoms with Gasteiger partial charge < -0.3 is 9.67 Å². The zero-order valence-electron chi connectivity index (χ0n) is 8.40. The molecule has 0 spiro atoms. The van der Waals surface area contributed by atoms with Crippen LogP contribution in [0, 0.1) is 12.8 Å². The van der Waals surface area contributed by atoms with Gasteiger partial charge in [0.1, 0.15) is 5.82 Å². The van der Waals surface area contributed by atoms with E-state index in [1.165, 1.54) is 0 Å². The van der Waals surface area contributed by atoms with Crippen molar-refractivity contribution in [3.63, 3.8) is 0 Å². The van der Waals surface area contributed by atoms with Gasteiger partial charge in [0.2, 0.25) is 0 Å². The Balaban J connectivity index is 2.32. The molecular weight excluding hydrogens is 180 g/mol. The molecule has 0 fully saturated rings. The molecule has 1 aromatic rings. The maximum absolute atomic E-state index is 10.9. The second-order valence-corrected chi connectivity index (χ2v) is 4.06. The third-order valence-corrected chi connectivity index (χ3v) is 2.77. The number of carboxylic acid groups (broad SMARTS) is 1. The van der Waals surface area contributed by atoms with Crippen LogP contribution in [0.15, 0.2) is 6.20 Å². The highest BCUT2D eigenvalue weighted by molar-refractivity contribution is 5.70. The number of hydrogen-bond acceptors (Lipinski definition) is 2. The molecule has 0 amide bonds. The lowest BCUT2D eigenvalue weighted by Crippen LogP contribution is -2.28. The van der Waals surface area contributed by atoms with Crippen LogP contribution < -0.4 is 0 Å². The molecule has 0 saturated heterocycles. The van der Waals surface area contributed by atoms with Crippen LogP contribution in [-0.2, 0) is 11.3 Å². The fourth-order valence-corrected chi connectivity index (χ4v) is 2.13. The molecule has 2 rings (SSSR count). The van der Waals surface area contributed by atoms with Crippen LogP contribution in [0.2, 0.25) is 0 Å². The summed E-state index contributed by atoms with van der Waals surface area (Å²) < 4.78 is 1.97. The number of nitrogens with zero attached hydrogens (tertiary/aromatic N) is 2. The first-order valence-electron chi connectivity index (χ1n) is 4.84. The molecule has 0 unspecified atom stereocenters. The minimum Gasteiger partial charge on any atom is -0.481 e. The smallest absolute Gasteiger partial charge is 0.308 e. The van der Waals surface area contributed by atoms with Gasteiger partial charge in [0.15, 0.2) is 0 Å².